The second-order valence-electron chi connectivity index (χ2n) is 13.6. The van der Waals surface area contributed by atoms with Crippen molar-refractivity contribution in [3.8, 4) is 22.5 Å². The molecule has 0 aliphatic heterocycles. The highest BCUT2D eigenvalue weighted by Gasteiger charge is 2.25. The van der Waals surface area contributed by atoms with Gasteiger partial charge in [0.25, 0.3) is 0 Å². The van der Waals surface area contributed by atoms with E-state index >= 15 is 0 Å². The quantitative estimate of drug-likeness (QED) is 0.171. The largest absolute Gasteiger partial charge is 0.436 e. The fourth-order valence-electron chi connectivity index (χ4n) is 8.57. The molecule has 3 aromatic heterocycles. The average molecular weight is 679 g/mol. The van der Waals surface area contributed by atoms with Crippen LogP contribution < -0.4 is 0 Å². The summed E-state index contributed by atoms with van der Waals surface area (Å²) in [7, 11) is 0. The molecular formula is C48H26N2OS. The molecule has 0 amide bonds. The van der Waals surface area contributed by atoms with Gasteiger partial charge in [0.2, 0.25) is 5.71 Å². The van der Waals surface area contributed by atoms with Gasteiger partial charge in [-0.2, -0.15) is 0 Å². The molecule has 0 radical (unpaired) electrons. The van der Waals surface area contributed by atoms with Crippen molar-refractivity contribution >= 4 is 108 Å². The number of benzene rings is 9. The van der Waals surface area contributed by atoms with Crippen LogP contribution in [0.25, 0.3) is 119 Å². The topological polar surface area (TPSA) is 38.9 Å². The van der Waals surface area contributed by atoms with Gasteiger partial charge in [0, 0.05) is 42.1 Å². The molecule has 0 bridgehead atoms. The summed E-state index contributed by atoms with van der Waals surface area (Å²) in [6, 6.07) is 56.5. The second-order valence-corrected chi connectivity index (χ2v) is 14.6. The molecule has 0 aliphatic carbocycles. The number of thiophene rings is 1. The molecule has 4 heteroatoms. The summed E-state index contributed by atoms with van der Waals surface area (Å²) in [4.78, 5) is 11.0. The van der Waals surface area contributed by atoms with Crippen LogP contribution >= 0.6 is 11.3 Å². The summed E-state index contributed by atoms with van der Waals surface area (Å²) < 4.78 is 8.99. The van der Waals surface area contributed by atoms with E-state index in [2.05, 4.69) is 140 Å². The molecule has 0 atom stereocenters. The van der Waals surface area contributed by atoms with Gasteiger partial charge in [0.05, 0.1) is 5.69 Å². The maximum absolute atomic E-state index is 6.41. The lowest BCUT2D eigenvalue weighted by Gasteiger charge is -2.17. The lowest BCUT2D eigenvalue weighted by Crippen LogP contribution is -1.97. The van der Waals surface area contributed by atoms with Crippen LogP contribution in [0.4, 0.5) is 0 Å². The second kappa shape index (κ2) is 10.5. The Morgan fingerprint density at radius 1 is 0.385 bits per heavy atom. The average Bonchev–Trinajstić information content (AvgIpc) is 3.79. The monoisotopic (exact) mass is 678 g/mol. The summed E-state index contributed by atoms with van der Waals surface area (Å²) >= 11 is 1.90. The van der Waals surface area contributed by atoms with Gasteiger partial charge in [0.1, 0.15) is 16.8 Å². The summed E-state index contributed by atoms with van der Waals surface area (Å²) in [6.45, 7) is 0. The van der Waals surface area contributed by atoms with Gasteiger partial charge in [-0.25, -0.2) is 9.97 Å². The van der Waals surface area contributed by atoms with Crippen LogP contribution in [0.1, 0.15) is 0 Å². The van der Waals surface area contributed by atoms with Crippen LogP contribution in [-0.4, -0.2) is 9.97 Å². The number of hydrogen-bond donors (Lipinski definition) is 0. The van der Waals surface area contributed by atoms with Crippen molar-refractivity contribution in [1.82, 2.24) is 9.97 Å². The van der Waals surface area contributed by atoms with Crippen molar-refractivity contribution in [2.45, 2.75) is 0 Å². The molecule has 12 aromatic rings. The molecule has 240 valence electrons. The molecule has 12 rings (SSSR count). The van der Waals surface area contributed by atoms with E-state index in [4.69, 9.17) is 14.4 Å². The molecule has 0 aliphatic rings. The molecule has 0 spiro atoms. The Morgan fingerprint density at radius 2 is 1.00 bits per heavy atom. The van der Waals surface area contributed by atoms with Crippen molar-refractivity contribution in [1.29, 1.82) is 0 Å². The molecule has 52 heavy (non-hydrogen) atoms. The first-order chi connectivity index (χ1) is 25.8. The molecule has 0 N–H and O–H groups in total. The van der Waals surface area contributed by atoms with Gasteiger partial charge in [0.15, 0.2) is 0 Å². The van der Waals surface area contributed by atoms with Crippen LogP contribution in [0.3, 0.4) is 0 Å². The molecule has 0 unspecified atom stereocenters. The number of fused-ring (bicyclic) bond motifs is 16. The van der Waals surface area contributed by atoms with Gasteiger partial charge in [-0.3, -0.25) is 0 Å². The summed E-state index contributed by atoms with van der Waals surface area (Å²) in [5.74, 6) is 0. The van der Waals surface area contributed by atoms with Gasteiger partial charge in [-0.1, -0.05) is 140 Å². The van der Waals surface area contributed by atoms with E-state index in [0.29, 0.717) is 5.71 Å². The van der Waals surface area contributed by atoms with E-state index < -0.39 is 0 Å². The third-order valence-corrected chi connectivity index (χ3v) is 12.1. The molecule has 0 saturated carbocycles. The first kappa shape index (κ1) is 28.1. The van der Waals surface area contributed by atoms with E-state index in [1.807, 2.05) is 29.5 Å². The van der Waals surface area contributed by atoms with Crippen LogP contribution in [-0.2, 0) is 0 Å². The number of para-hydroxylation sites is 1. The highest BCUT2D eigenvalue weighted by molar-refractivity contribution is 7.28. The van der Waals surface area contributed by atoms with E-state index in [1.165, 1.54) is 63.3 Å². The predicted molar refractivity (Wildman–Crippen MR) is 221 cm³/mol. The minimum absolute atomic E-state index is 0.543. The van der Waals surface area contributed by atoms with Crippen LogP contribution in [0.5, 0.6) is 0 Å². The van der Waals surface area contributed by atoms with Gasteiger partial charge in [-0.05, 0) is 66.7 Å². The van der Waals surface area contributed by atoms with E-state index in [-0.39, 0.29) is 0 Å². The first-order valence-corrected chi connectivity index (χ1v) is 18.4. The highest BCUT2D eigenvalue weighted by Crippen LogP contribution is 2.51. The number of nitrogens with zero attached hydrogens (tertiary/aromatic N) is 2. The van der Waals surface area contributed by atoms with Crippen LogP contribution in [0.2, 0.25) is 0 Å². The zero-order chi connectivity index (χ0) is 33.9. The Labute approximate surface area is 301 Å². The summed E-state index contributed by atoms with van der Waals surface area (Å²) in [6.07, 6.45) is 0. The molecule has 3 heterocycles. The molecule has 0 fully saturated rings. The molecular weight excluding hydrogens is 653 g/mol. The Bertz CT molecular complexity index is 3480. The highest BCUT2D eigenvalue weighted by atomic mass is 32.1. The molecule has 0 saturated heterocycles. The summed E-state index contributed by atoms with van der Waals surface area (Å²) in [5, 5.41) is 15.7. The minimum atomic E-state index is 0.543. The minimum Gasteiger partial charge on any atom is -0.436 e. The molecule has 3 nitrogen and oxygen atoms in total. The van der Waals surface area contributed by atoms with Gasteiger partial charge < -0.3 is 4.42 Å². The fraction of sp³-hybridized carbons (Fsp3) is 0. The van der Waals surface area contributed by atoms with E-state index in [1.54, 1.807) is 0 Å². The van der Waals surface area contributed by atoms with E-state index in [9.17, 15) is 0 Å². The molecule has 9 aromatic carbocycles. The predicted octanol–water partition coefficient (Wildman–Crippen LogP) is 13.8. The van der Waals surface area contributed by atoms with Gasteiger partial charge in [-0.15, -0.1) is 11.3 Å². The first-order valence-electron chi connectivity index (χ1n) is 17.6. The number of rotatable bonds is 2. The Balaban J connectivity index is 1.35. The Morgan fingerprint density at radius 3 is 1.83 bits per heavy atom. The standard InChI is InChI=1S/C48H26N2OS/c1-4-16-30-27(12-1)15-11-22-35(30)43-44(49-45-36-21-9-10-23-39(36)51-48(45)50-43)38-26-29-14-3-5-17-31(29)40-33-19-7-8-20-34(33)41-37-25-24-28-13-2-6-18-32(28)46(37)52-47(41)42(38)40/h1-26H. The normalized spacial score (nSPS) is 12.2. The van der Waals surface area contributed by atoms with Crippen molar-refractivity contribution < 1.29 is 4.42 Å². The number of hydrogen-bond acceptors (Lipinski definition) is 4. The fourth-order valence-corrected chi connectivity index (χ4v) is 9.98. The van der Waals surface area contributed by atoms with Gasteiger partial charge >= 0.3 is 0 Å². The lowest BCUT2D eigenvalue weighted by molar-refractivity contribution is 0.653. The third-order valence-electron chi connectivity index (χ3n) is 10.8. The van der Waals surface area contributed by atoms with Crippen molar-refractivity contribution in [2.75, 3.05) is 0 Å². The third kappa shape index (κ3) is 3.79. The summed E-state index contributed by atoms with van der Waals surface area (Å²) in [5.41, 5.74) is 5.87. The smallest absolute Gasteiger partial charge is 0.246 e. The van der Waals surface area contributed by atoms with Crippen molar-refractivity contribution in [2.24, 2.45) is 0 Å². The number of aromatic nitrogens is 2. The Hall–Kier alpha value is -6.62. The number of furan rings is 1. The van der Waals surface area contributed by atoms with Crippen LogP contribution in [0.15, 0.2) is 162 Å². The zero-order valence-electron chi connectivity index (χ0n) is 27.7. The van der Waals surface area contributed by atoms with Crippen LogP contribution in [0, 0.1) is 0 Å². The van der Waals surface area contributed by atoms with Crippen molar-refractivity contribution in [3.05, 3.63) is 158 Å². The zero-order valence-corrected chi connectivity index (χ0v) is 28.5. The Kier molecular flexibility index (Phi) is 5.65. The van der Waals surface area contributed by atoms with Crippen molar-refractivity contribution in [3.63, 3.8) is 0 Å². The maximum Gasteiger partial charge on any atom is 0.246 e. The lowest BCUT2D eigenvalue weighted by atomic mass is 9.88. The SMILES string of the molecule is c1ccc2c(-c3nc4oc5ccccc5c4nc3-c3cc4ccccc4c4c5ccccc5c5c6ccc7ccccc7c6sc5c34)cccc2c1. The maximum atomic E-state index is 6.41. The van der Waals surface area contributed by atoms with E-state index in [0.717, 1.165) is 49.8 Å².